The number of nitrogens with zero attached hydrogens (tertiary/aromatic N) is 1. The molecule has 1 heterocycles. The molecule has 29 heavy (non-hydrogen) atoms. The zero-order valence-electron chi connectivity index (χ0n) is 16.2. The monoisotopic (exact) mass is 412 g/mol. The number of anilines is 1. The summed E-state index contributed by atoms with van der Waals surface area (Å²) in [5, 5.41) is 5.64. The van der Waals surface area contributed by atoms with Crippen LogP contribution in [0.5, 0.6) is 11.5 Å². The van der Waals surface area contributed by atoms with Gasteiger partial charge in [-0.15, -0.1) is 11.3 Å². The average Bonchev–Trinajstić information content (AvgIpc) is 3.17. The number of hydrogen-bond acceptors (Lipinski definition) is 7. The second-order valence-corrected chi connectivity index (χ2v) is 7.09. The molecule has 0 radical (unpaired) electrons. The van der Waals surface area contributed by atoms with Crippen molar-refractivity contribution in [1.82, 2.24) is 4.98 Å². The predicted molar refractivity (Wildman–Crippen MR) is 110 cm³/mol. The number of thiazole rings is 1. The van der Waals surface area contributed by atoms with E-state index in [1.54, 1.807) is 47.7 Å². The predicted octanol–water partition coefficient (Wildman–Crippen LogP) is 4.08. The van der Waals surface area contributed by atoms with E-state index in [1.165, 1.54) is 20.3 Å². The van der Waals surface area contributed by atoms with Crippen molar-refractivity contribution in [2.24, 2.45) is 0 Å². The van der Waals surface area contributed by atoms with Crippen LogP contribution in [0.1, 0.15) is 31.4 Å². The molecule has 1 amide bonds. The smallest absolute Gasteiger partial charge is 0.340 e. The molecular formula is C21H20N2O5S. The lowest BCUT2D eigenvalue weighted by atomic mass is 10.1. The van der Waals surface area contributed by atoms with E-state index in [0.717, 1.165) is 10.7 Å². The molecule has 0 saturated heterocycles. The Balaban J connectivity index is 1.75. The summed E-state index contributed by atoms with van der Waals surface area (Å²) in [7, 11) is 2.77. The van der Waals surface area contributed by atoms with Gasteiger partial charge < -0.3 is 19.5 Å². The minimum atomic E-state index is -0.574. The molecule has 0 aliphatic carbocycles. The van der Waals surface area contributed by atoms with E-state index in [2.05, 4.69) is 10.3 Å². The molecule has 1 aromatic heterocycles. The van der Waals surface area contributed by atoms with Gasteiger partial charge in [0, 0.05) is 10.9 Å². The average molecular weight is 412 g/mol. The number of methoxy groups -OCH3 is 2. The number of rotatable bonds is 7. The highest BCUT2D eigenvalue weighted by molar-refractivity contribution is 7.09. The first-order chi connectivity index (χ1) is 14.0. The maximum Gasteiger partial charge on any atom is 0.340 e. The summed E-state index contributed by atoms with van der Waals surface area (Å²) < 4.78 is 15.7. The Morgan fingerprint density at radius 2 is 1.93 bits per heavy atom. The summed E-state index contributed by atoms with van der Waals surface area (Å²) in [6, 6.07) is 11.5. The number of hydrogen-bond donors (Lipinski definition) is 1. The van der Waals surface area contributed by atoms with Gasteiger partial charge in [-0.1, -0.05) is 6.07 Å². The third-order valence-electron chi connectivity index (χ3n) is 4.03. The molecule has 0 saturated carbocycles. The van der Waals surface area contributed by atoms with E-state index in [9.17, 15) is 9.59 Å². The van der Waals surface area contributed by atoms with Crippen LogP contribution in [0, 0.1) is 6.92 Å². The van der Waals surface area contributed by atoms with E-state index in [4.69, 9.17) is 14.2 Å². The summed E-state index contributed by atoms with van der Waals surface area (Å²) in [6.45, 7) is 2.25. The Bertz CT molecular complexity index is 1030. The lowest BCUT2D eigenvalue weighted by molar-refractivity contribution is 0.0601. The third-order valence-corrected chi connectivity index (χ3v) is 4.85. The zero-order chi connectivity index (χ0) is 20.8. The van der Waals surface area contributed by atoms with Gasteiger partial charge in [0.2, 0.25) is 0 Å². The Hall–Kier alpha value is -3.39. The second-order valence-electron chi connectivity index (χ2n) is 6.03. The largest absolute Gasteiger partial charge is 0.497 e. The van der Waals surface area contributed by atoms with Gasteiger partial charge in [-0.3, -0.25) is 4.79 Å². The summed E-state index contributed by atoms with van der Waals surface area (Å²) in [5.41, 5.74) is 1.75. The minimum absolute atomic E-state index is 0.200. The standard InChI is InChI=1S/C21H20N2O5S/c1-13-22-15(12-29-13)11-28-17-6-4-5-14(9-17)20(24)23-19-8-7-16(26-2)10-18(19)21(25)27-3/h4-10,12H,11H2,1-3H3,(H,23,24). The van der Waals surface area contributed by atoms with Crippen LogP contribution in [0.4, 0.5) is 5.69 Å². The molecule has 0 unspecified atom stereocenters. The molecule has 3 aromatic rings. The Labute approximate surface area is 172 Å². The van der Waals surface area contributed by atoms with Gasteiger partial charge in [0.15, 0.2) is 0 Å². The van der Waals surface area contributed by atoms with Gasteiger partial charge in [-0.2, -0.15) is 0 Å². The fraction of sp³-hybridized carbons (Fsp3) is 0.190. The topological polar surface area (TPSA) is 86.8 Å². The van der Waals surface area contributed by atoms with Gasteiger partial charge in [-0.25, -0.2) is 9.78 Å². The normalized spacial score (nSPS) is 10.3. The number of amides is 1. The lowest BCUT2D eigenvalue weighted by Gasteiger charge is -2.12. The summed E-state index contributed by atoms with van der Waals surface area (Å²) in [4.78, 5) is 29.1. The van der Waals surface area contributed by atoms with Crippen LogP contribution in [0.2, 0.25) is 0 Å². The maximum absolute atomic E-state index is 12.7. The molecule has 0 aliphatic heterocycles. The maximum atomic E-state index is 12.7. The van der Waals surface area contributed by atoms with Crippen LogP contribution in [0.25, 0.3) is 0 Å². The number of benzene rings is 2. The molecule has 3 rings (SSSR count). The van der Waals surface area contributed by atoms with Crippen molar-refractivity contribution in [1.29, 1.82) is 0 Å². The highest BCUT2D eigenvalue weighted by atomic mass is 32.1. The highest BCUT2D eigenvalue weighted by Gasteiger charge is 2.16. The quantitative estimate of drug-likeness (QED) is 0.589. The molecule has 8 heteroatoms. The SMILES string of the molecule is COC(=O)c1cc(OC)ccc1NC(=O)c1cccc(OCc2csc(C)n2)c1. The summed E-state index contributed by atoms with van der Waals surface area (Å²) in [5.74, 6) is 0.0763. The number of aromatic nitrogens is 1. The molecule has 0 aliphatic rings. The van der Waals surface area contributed by atoms with Gasteiger partial charge in [0.05, 0.1) is 36.2 Å². The molecular weight excluding hydrogens is 392 g/mol. The van der Waals surface area contributed by atoms with Gasteiger partial charge >= 0.3 is 5.97 Å². The molecule has 0 spiro atoms. The molecule has 7 nitrogen and oxygen atoms in total. The van der Waals surface area contributed by atoms with Crippen LogP contribution in [-0.2, 0) is 11.3 Å². The Kier molecular flexibility index (Phi) is 6.46. The van der Waals surface area contributed by atoms with E-state index < -0.39 is 5.97 Å². The number of ether oxygens (including phenoxy) is 3. The van der Waals surface area contributed by atoms with Crippen LogP contribution in [0.15, 0.2) is 47.8 Å². The Morgan fingerprint density at radius 1 is 1.10 bits per heavy atom. The van der Waals surface area contributed by atoms with E-state index in [0.29, 0.717) is 29.4 Å². The minimum Gasteiger partial charge on any atom is -0.497 e. The number of carbonyl (C=O) groups excluding carboxylic acids is 2. The van der Waals surface area contributed by atoms with Crippen molar-refractivity contribution in [3.05, 3.63) is 69.7 Å². The van der Waals surface area contributed by atoms with Crippen LogP contribution >= 0.6 is 11.3 Å². The zero-order valence-corrected chi connectivity index (χ0v) is 17.0. The number of esters is 1. The van der Waals surface area contributed by atoms with Gasteiger partial charge in [0.25, 0.3) is 5.91 Å². The highest BCUT2D eigenvalue weighted by Crippen LogP contribution is 2.24. The molecule has 0 fully saturated rings. The number of aryl methyl sites for hydroxylation is 1. The van der Waals surface area contributed by atoms with Crippen molar-refractivity contribution >= 4 is 28.9 Å². The molecule has 150 valence electrons. The third kappa shape index (κ3) is 5.11. The molecule has 2 aromatic carbocycles. The molecule has 0 bridgehead atoms. The van der Waals surface area contributed by atoms with Crippen LogP contribution in [0.3, 0.4) is 0 Å². The van der Waals surface area contributed by atoms with E-state index in [1.807, 2.05) is 12.3 Å². The van der Waals surface area contributed by atoms with E-state index in [-0.39, 0.29) is 11.5 Å². The van der Waals surface area contributed by atoms with Crippen LogP contribution in [-0.4, -0.2) is 31.1 Å². The first-order valence-electron chi connectivity index (χ1n) is 8.71. The first-order valence-corrected chi connectivity index (χ1v) is 9.59. The number of nitrogens with one attached hydrogen (secondary N) is 1. The number of carbonyl (C=O) groups is 2. The lowest BCUT2D eigenvalue weighted by Crippen LogP contribution is -2.15. The van der Waals surface area contributed by atoms with Crippen molar-refractivity contribution in [3.63, 3.8) is 0 Å². The Morgan fingerprint density at radius 3 is 2.62 bits per heavy atom. The van der Waals surface area contributed by atoms with Crippen molar-refractivity contribution in [2.75, 3.05) is 19.5 Å². The van der Waals surface area contributed by atoms with Crippen LogP contribution < -0.4 is 14.8 Å². The second kappa shape index (κ2) is 9.20. The van der Waals surface area contributed by atoms with Crippen molar-refractivity contribution in [3.8, 4) is 11.5 Å². The van der Waals surface area contributed by atoms with Gasteiger partial charge in [-0.05, 0) is 43.3 Å². The first kappa shape index (κ1) is 20.3. The van der Waals surface area contributed by atoms with Gasteiger partial charge in [0.1, 0.15) is 18.1 Å². The summed E-state index contributed by atoms with van der Waals surface area (Å²) in [6.07, 6.45) is 0. The van der Waals surface area contributed by atoms with E-state index >= 15 is 0 Å². The fourth-order valence-corrected chi connectivity index (χ4v) is 3.19. The van der Waals surface area contributed by atoms with Crippen molar-refractivity contribution in [2.45, 2.75) is 13.5 Å². The molecule has 0 atom stereocenters. The summed E-state index contributed by atoms with van der Waals surface area (Å²) >= 11 is 1.55. The van der Waals surface area contributed by atoms with Crippen molar-refractivity contribution < 1.29 is 23.8 Å². The molecule has 1 N–H and O–H groups in total. The fourth-order valence-electron chi connectivity index (χ4n) is 2.59.